The van der Waals surface area contributed by atoms with Crippen LogP contribution in [0.15, 0.2) is 12.3 Å². The van der Waals surface area contributed by atoms with Gasteiger partial charge in [0.05, 0.1) is 0 Å². The first-order valence-electron chi connectivity index (χ1n) is 6.45. The van der Waals surface area contributed by atoms with Crippen LogP contribution in [0.4, 0.5) is 5.82 Å². The molecule has 1 fully saturated rings. The van der Waals surface area contributed by atoms with Crippen LogP contribution in [0.25, 0.3) is 0 Å². The lowest BCUT2D eigenvalue weighted by Gasteiger charge is -2.33. The molecular formula is C13H24N4. The summed E-state index contributed by atoms with van der Waals surface area (Å²) in [6.07, 6.45) is 3.20. The second kappa shape index (κ2) is 4.69. The molecule has 1 atom stereocenters. The van der Waals surface area contributed by atoms with Gasteiger partial charge in [-0.1, -0.05) is 20.8 Å². The first-order chi connectivity index (χ1) is 7.97. The van der Waals surface area contributed by atoms with Gasteiger partial charge in [-0.25, -0.2) is 0 Å². The molecule has 1 N–H and O–H groups in total. The van der Waals surface area contributed by atoms with E-state index in [0.29, 0.717) is 6.04 Å². The lowest BCUT2D eigenvalue weighted by atomic mass is 9.86. The summed E-state index contributed by atoms with van der Waals surface area (Å²) in [5.74, 6) is 1.10. The lowest BCUT2D eigenvalue weighted by Crippen LogP contribution is -2.46. The van der Waals surface area contributed by atoms with E-state index in [9.17, 15) is 0 Å². The summed E-state index contributed by atoms with van der Waals surface area (Å²) in [4.78, 5) is 2.40. The summed E-state index contributed by atoms with van der Waals surface area (Å²) >= 11 is 0. The van der Waals surface area contributed by atoms with Crippen LogP contribution in [-0.2, 0) is 7.05 Å². The van der Waals surface area contributed by atoms with Crippen LogP contribution in [0.2, 0.25) is 0 Å². The minimum Gasteiger partial charge on any atom is -0.354 e. The zero-order chi connectivity index (χ0) is 12.5. The molecule has 0 aliphatic carbocycles. The largest absolute Gasteiger partial charge is 0.354 e. The summed E-state index contributed by atoms with van der Waals surface area (Å²) in [5, 5.41) is 8.16. The monoisotopic (exact) mass is 236 g/mol. The van der Waals surface area contributed by atoms with E-state index in [1.165, 1.54) is 6.42 Å². The number of hydrogen-bond acceptors (Lipinski definition) is 3. The third-order valence-electron chi connectivity index (χ3n) is 3.47. The van der Waals surface area contributed by atoms with Crippen LogP contribution in [-0.4, -0.2) is 35.5 Å². The predicted molar refractivity (Wildman–Crippen MR) is 71.3 cm³/mol. The van der Waals surface area contributed by atoms with E-state index in [2.05, 4.69) is 42.2 Å². The standard InChI is InChI=1S/C13H24N4/c1-13(2,3)11-10-17(8-5-7-14-11)12-6-9-16(4)15-12/h6,9,11,14H,5,7-8,10H2,1-4H3. The molecule has 0 bridgehead atoms. The fraction of sp³-hybridized carbons (Fsp3) is 0.769. The predicted octanol–water partition coefficient (Wildman–Crippen LogP) is 1.63. The lowest BCUT2D eigenvalue weighted by molar-refractivity contribution is 0.280. The molecule has 0 aromatic carbocycles. The number of nitrogens with zero attached hydrogens (tertiary/aromatic N) is 3. The Balaban J connectivity index is 2.12. The van der Waals surface area contributed by atoms with E-state index in [-0.39, 0.29) is 5.41 Å². The van der Waals surface area contributed by atoms with E-state index >= 15 is 0 Å². The van der Waals surface area contributed by atoms with Crippen molar-refractivity contribution in [2.24, 2.45) is 12.5 Å². The van der Waals surface area contributed by atoms with Crippen molar-refractivity contribution in [3.63, 3.8) is 0 Å². The van der Waals surface area contributed by atoms with E-state index in [1.54, 1.807) is 0 Å². The molecule has 96 valence electrons. The Labute approximate surface area is 104 Å². The van der Waals surface area contributed by atoms with Crippen LogP contribution in [0.3, 0.4) is 0 Å². The first-order valence-corrected chi connectivity index (χ1v) is 6.45. The average molecular weight is 236 g/mol. The van der Waals surface area contributed by atoms with Crippen molar-refractivity contribution in [1.82, 2.24) is 15.1 Å². The minimum absolute atomic E-state index is 0.289. The smallest absolute Gasteiger partial charge is 0.150 e. The average Bonchev–Trinajstić information content (AvgIpc) is 2.53. The number of aromatic nitrogens is 2. The Morgan fingerprint density at radius 3 is 2.76 bits per heavy atom. The highest BCUT2D eigenvalue weighted by molar-refractivity contribution is 5.37. The molecule has 4 nitrogen and oxygen atoms in total. The Bertz CT molecular complexity index is 364. The van der Waals surface area contributed by atoms with Crippen molar-refractivity contribution in [2.45, 2.75) is 33.2 Å². The normalized spacial score (nSPS) is 22.6. The molecule has 1 aliphatic rings. The topological polar surface area (TPSA) is 33.1 Å². The van der Waals surface area contributed by atoms with Gasteiger partial charge in [-0.2, -0.15) is 5.10 Å². The first kappa shape index (κ1) is 12.4. The van der Waals surface area contributed by atoms with Crippen molar-refractivity contribution >= 4 is 5.82 Å². The van der Waals surface area contributed by atoms with E-state index in [4.69, 9.17) is 0 Å². The van der Waals surface area contributed by atoms with Crippen LogP contribution in [0.5, 0.6) is 0 Å². The van der Waals surface area contributed by atoms with Crippen molar-refractivity contribution in [2.75, 3.05) is 24.5 Å². The third kappa shape index (κ3) is 3.00. The van der Waals surface area contributed by atoms with Gasteiger partial charge in [-0.3, -0.25) is 4.68 Å². The molecule has 0 spiro atoms. The van der Waals surface area contributed by atoms with E-state index in [1.807, 2.05) is 17.9 Å². The van der Waals surface area contributed by atoms with Crippen molar-refractivity contribution in [3.05, 3.63) is 12.3 Å². The Hall–Kier alpha value is -1.03. The summed E-state index contributed by atoms with van der Waals surface area (Å²) < 4.78 is 1.87. The fourth-order valence-corrected chi connectivity index (χ4v) is 2.28. The van der Waals surface area contributed by atoms with Gasteiger partial charge in [0.2, 0.25) is 0 Å². The zero-order valence-corrected chi connectivity index (χ0v) is 11.4. The van der Waals surface area contributed by atoms with E-state index < -0.39 is 0 Å². The molecule has 1 saturated heterocycles. The number of hydrogen-bond donors (Lipinski definition) is 1. The van der Waals surface area contributed by atoms with Gasteiger partial charge in [-0.05, 0) is 18.4 Å². The molecule has 1 aromatic rings. The number of aryl methyl sites for hydroxylation is 1. The number of nitrogens with one attached hydrogen (secondary N) is 1. The molecule has 0 radical (unpaired) electrons. The highest BCUT2D eigenvalue weighted by Gasteiger charge is 2.28. The number of anilines is 1. The van der Waals surface area contributed by atoms with Crippen LogP contribution in [0, 0.1) is 5.41 Å². The Morgan fingerprint density at radius 1 is 1.41 bits per heavy atom. The SMILES string of the molecule is Cn1ccc(N2CCCNC(C(C)(C)C)C2)n1. The Morgan fingerprint density at radius 2 is 2.18 bits per heavy atom. The maximum absolute atomic E-state index is 4.51. The fourth-order valence-electron chi connectivity index (χ4n) is 2.28. The molecule has 1 unspecified atom stereocenters. The minimum atomic E-state index is 0.289. The van der Waals surface area contributed by atoms with E-state index in [0.717, 1.165) is 25.5 Å². The molecule has 4 heteroatoms. The van der Waals surface area contributed by atoms with Gasteiger partial charge in [0, 0.05) is 38.4 Å². The summed E-state index contributed by atoms with van der Waals surface area (Å²) in [6.45, 7) is 10.1. The second-order valence-electron chi connectivity index (χ2n) is 6.02. The molecule has 2 heterocycles. The van der Waals surface area contributed by atoms with Gasteiger partial charge < -0.3 is 10.2 Å². The maximum atomic E-state index is 4.51. The molecule has 1 aromatic heterocycles. The summed E-state index contributed by atoms with van der Waals surface area (Å²) in [7, 11) is 1.97. The third-order valence-corrected chi connectivity index (χ3v) is 3.47. The van der Waals surface area contributed by atoms with Gasteiger partial charge in [0.15, 0.2) is 5.82 Å². The van der Waals surface area contributed by atoms with Gasteiger partial charge in [0.1, 0.15) is 0 Å². The summed E-state index contributed by atoms with van der Waals surface area (Å²) in [5.41, 5.74) is 0.289. The van der Waals surface area contributed by atoms with Crippen molar-refractivity contribution in [3.8, 4) is 0 Å². The molecule has 1 aliphatic heterocycles. The second-order valence-corrected chi connectivity index (χ2v) is 6.02. The molecule has 0 saturated carbocycles. The molecule has 2 rings (SSSR count). The van der Waals surface area contributed by atoms with Crippen LogP contribution < -0.4 is 10.2 Å². The highest BCUT2D eigenvalue weighted by Crippen LogP contribution is 2.23. The summed E-state index contributed by atoms with van der Waals surface area (Å²) in [6, 6.07) is 2.62. The highest BCUT2D eigenvalue weighted by atomic mass is 15.3. The maximum Gasteiger partial charge on any atom is 0.150 e. The van der Waals surface area contributed by atoms with Crippen molar-refractivity contribution in [1.29, 1.82) is 0 Å². The van der Waals surface area contributed by atoms with Gasteiger partial charge in [0.25, 0.3) is 0 Å². The van der Waals surface area contributed by atoms with Gasteiger partial charge >= 0.3 is 0 Å². The molecule has 17 heavy (non-hydrogen) atoms. The molecule has 0 amide bonds. The Kier molecular flexibility index (Phi) is 3.43. The number of rotatable bonds is 1. The zero-order valence-electron chi connectivity index (χ0n) is 11.4. The van der Waals surface area contributed by atoms with Gasteiger partial charge in [-0.15, -0.1) is 0 Å². The quantitative estimate of drug-likeness (QED) is 0.804. The van der Waals surface area contributed by atoms with Crippen LogP contribution >= 0.6 is 0 Å². The molecular weight excluding hydrogens is 212 g/mol. The van der Waals surface area contributed by atoms with Crippen molar-refractivity contribution < 1.29 is 0 Å². The van der Waals surface area contributed by atoms with Crippen LogP contribution in [0.1, 0.15) is 27.2 Å².